The fraction of sp³-hybridized carbons (Fsp3) is 0.208. The summed E-state index contributed by atoms with van der Waals surface area (Å²) >= 11 is 1.82. The molecule has 3 aromatic rings. The number of fused-ring (bicyclic) bond motifs is 1. The summed E-state index contributed by atoms with van der Waals surface area (Å²) in [6.07, 6.45) is 4.33. The number of hydrogen-bond donors (Lipinski definition) is 3. The number of nitrogens with zero attached hydrogens (tertiary/aromatic N) is 1. The molecular formula is C24H24N4O2S. The Balaban J connectivity index is 1.34. The molecular weight excluding hydrogens is 408 g/mol. The maximum absolute atomic E-state index is 12.6. The lowest BCUT2D eigenvalue weighted by Crippen LogP contribution is -2.32. The Hall–Kier alpha value is -3.16. The molecule has 6 nitrogen and oxygen atoms in total. The van der Waals surface area contributed by atoms with Crippen LogP contribution in [-0.2, 0) is 4.79 Å². The van der Waals surface area contributed by atoms with Crippen molar-refractivity contribution in [3.05, 3.63) is 89.7 Å². The van der Waals surface area contributed by atoms with Gasteiger partial charge < -0.3 is 16.4 Å². The molecule has 0 saturated carbocycles. The Kier molecular flexibility index (Phi) is 6.64. The van der Waals surface area contributed by atoms with Crippen molar-refractivity contribution in [1.29, 1.82) is 0 Å². The van der Waals surface area contributed by atoms with E-state index in [-0.39, 0.29) is 24.3 Å². The number of thioether (sulfide) groups is 1. The second-order valence-corrected chi connectivity index (χ2v) is 8.55. The maximum atomic E-state index is 12.6. The molecule has 1 aromatic heterocycles. The van der Waals surface area contributed by atoms with Gasteiger partial charge in [0.05, 0.1) is 6.04 Å². The highest BCUT2D eigenvalue weighted by Gasteiger charge is 2.23. The van der Waals surface area contributed by atoms with Crippen molar-refractivity contribution in [2.45, 2.75) is 29.8 Å². The molecule has 0 radical (unpaired) electrons. The molecule has 2 atom stereocenters. The van der Waals surface area contributed by atoms with E-state index in [0.29, 0.717) is 11.3 Å². The third kappa shape index (κ3) is 5.31. The van der Waals surface area contributed by atoms with E-state index < -0.39 is 6.04 Å². The first-order valence-corrected chi connectivity index (χ1v) is 11.2. The summed E-state index contributed by atoms with van der Waals surface area (Å²) in [4.78, 5) is 30.1. The molecule has 7 heteroatoms. The highest BCUT2D eigenvalue weighted by molar-refractivity contribution is 7.99. The SMILES string of the molecule is NC(CC(=O)NC1CCSc2ccccc21)c1ccc(C(=O)Nc2ccncc2)cc1. The van der Waals surface area contributed by atoms with Gasteiger partial charge in [-0.3, -0.25) is 14.6 Å². The molecule has 31 heavy (non-hydrogen) atoms. The molecule has 0 bridgehead atoms. The van der Waals surface area contributed by atoms with Gasteiger partial charge in [-0.2, -0.15) is 0 Å². The van der Waals surface area contributed by atoms with E-state index in [9.17, 15) is 9.59 Å². The first kappa shape index (κ1) is 21.1. The number of nitrogens with one attached hydrogen (secondary N) is 2. The summed E-state index contributed by atoms with van der Waals surface area (Å²) < 4.78 is 0. The van der Waals surface area contributed by atoms with Crippen molar-refractivity contribution in [3.8, 4) is 0 Å². The number of nitrogens with two attached hydrogens (primary N) is 1. The van der Waals surface area contributed by atoms with Crippen molar-refractivity contribution >= 4 is 29.3 Å². The largest absolute Gasteiger partial charge is 0.349 e. The van der Waals surface area contributed by atoms with Crippen LogP contribution in [-0.4, -0.2) is 22.6 Å². The van der Waals surface area contributed by atoms with Gasteiger partial charge in [-0.1, -0.05) is 30.3 Å². The van der Waals surface area contributed by atoms with Gasteiger partial charge in [0.1, 0.15) is 0 Å². The Labute approximate surface area is 185 Å². The van der Waals surface area contributed by atoms with Crippen LogP contribution >= 0.6 is 11.8 Å². The van der Waals surface area contributed by atoms with Gasteiger partial charge in [-0.25, -0.2) is 0 Å². The number of anilines is 1. The number of aromatic nitrogens is 1. The minimum atomic E-state index is -0.439. The van der Waals surface area contributed by atoms with Crippen LogP contribution in [0.4, 0.5) is 5.69 Å². The van der Waals surface area contributed by atoms with Crippen LogP contribution in [0, 0.1) is 0 Å². The zero-order chi connectivity index (χ0) is 21.6. The average Bonchev–Trinajstić information content (AvgIpc) is 2.80. The van der Waals surface area contributed by atoms with E-state index in [2.05, 4.69) is 27.8 Å². The zero-order valence-corrected chi connectivity index (χ0v) is 17.8. The van der Waals surface area contributed by atoms with Crippen molar-refractivity contribution in [2.75, 3.05) is 11.1 Å². The molecule has 2 amide bonds. The Morgan fingerprint density at radius 3 is 2.58 bits per heavy atom. The van der Waals surface area contributed by atoms with E-state index in [1.807, 2.05) is 23.9 Å². The third-order valence-corrected chi connectivity index (χ3v) is 6.36. The summed E-state index contributed by atoms with van der Waals surface area (Å²) in [5.41, 5.74) is 9.46. The molecule has 0 aliphatic carbocycles. The smallest absolute Gasteiger partial charge is 0.255 e. The fourth-order valence-corrected chi connectivity index (χ4v) is 4.71. The molecule has 0 spiro atoms. The quantitative estimate of drug-likeness (QED) is 0.545. The minimum Gasteiger partial charge on any atom is -0.349 e. The third-order valence-electron chi connectivity index (χ3n) is 5.24. The molecule has 4 N–H and O–H groups in total. The van der Waals surface area contributed by atoms with Gasteiger partial charge in [0.25, 0.3) is 5.91 Å². The summed E-state index contributed by atoms with van der Waals surface area (Å²) in [6.45, 7) is 0. The van der Waals surface area contributed by atoms with E-state index in [1.54, 1.807) is 48.8 Å². The lowest BCUT2D eigenvalue weighted by atomic mass is 10.0. The molecule has 1 aliphatic heterocycles. The number of rotatable bonds is 6. The molecule has 1 aliphatic rings. The number of pyridine rings is 1. The van der Waals surface area contributed by atoms with Crippen molar-refractivity contribution < 1.29 is 9.59 Å². The van der Waals surface area contributed by atoms with Crippen LogP contribution in [0.5, 0.6) is 0 Å². The van der Waals surface area contributed by atoms with E-state index in [1.165, 1.54) is 10.5 Å². The normalized spacial score (nSPS) is 16.1. The molecule has 0 fully saturated rings. The van der Waals surface area contributed by atoms with Crippen LogP contribution in [0.15, 0.2) is 78.0 Å². The van der Waals surface area contributed by atoms with E-state index in [4.69, 9.17) is 5.73 Å². The topological polar surface area (TPSA) is 97.1 Å². The van der Waals surface area contributed by atoms with E-state index >= 15 is 0 Å². The number of carbonyl (C=O) groups is 2. The van der Waals surface area contributed by atoms with Gasteiger partial charge in [0, 0.05) is 46.8 Å². The standard InChI is InChI=1S/C24H24N4O2S/c25-20(15-23(29)28-21-11-14-31-22-4-2-1-3-19(21)22)16-5-7-17(8-6-16)24(30)27-18-9-12-26-13-10-18/h1-10,12-13,20-21H,11,14-15,25H2,(H,28,29)(H,26,27,30). The van der Waals surface area contributed by atoms with Crippen molar-refractivity contribution in [2.24, 2.45) is 5.73 Å². The first-order chi connectivity index (χ1) is 15.1. The van der Waals surface area contributed by atoms with Crippen LogP contribution < -0.4 is 16.4 Å². The highest BCUT2D eigenvalue weighted by Crippen LogP contribution is 2.35. The Bertz CT molecular complexity index is 1060. The Morgan fingerprint density at radius 2 is 1.81 bits per heavy atom. The molecule has 2 unspecified atom stereocenters. The Morgan fingerprint density at radius 1 is 1.06 bits per heavy atom. The molecule has 4 rings (SSSR count). The predicted molar refractivity (Wildman–Crippen MR) is 123 cm³/mol. The fourth-order valence-electron chi connectivity index (χ4n) is 3.58. The monoisotopic (exact) mass is 432 g/mol. The molecule has 0 saturated heterocycles. The molecule has 158 valence electrons. The van der Waals surface area contributed by atoms with Gasteiger partial charge in [0.15, 0.2) is 0 Å². The number of benzene rings is 2. The molecule has 2 aromatic carbocycles. The zero-order valence-electron chi connectivity index (χ0n) is 17.0. The van der Waals surface area contributed by atoms with Crippen LogP contribution in [0.2, 0.25) is 0 Å². The van der Waals surface area contributed by atoms with Crippen LogP contribution in [0.25, 0.3) is 0 Å². The lowest BCUT2D eigenvalue weighted by Gasteiger charge is -2.26. The van der Waals surface area contributed by atoms with Gasteiger partial charge >= 0.3 is 0 Å². The number of hydrogen-bond acceptors (Lipinski definition) is 5. The number of amides is 2. The van der Waals surface area contributed by atoms with Gasteiger partial charge in [-0.15, -0.1) is 11.8 Å². The number of carbonyl (C=O) groups excluding carboxylic acids is 2. The summed E-state index contributed by atoms with van der Waals surface area (Å²) in [5, 5.41) is 5.95. The lowest BCUT2D eigenvalue weighted by molar-refractivity contribution is -0.122. The second kappa shape index (κ2) is 9.76. The maximum Gasteiger partial charge on any atom is 0.255 e. The summed E-state index contributed by atoms with van der Waals surface area (Å²) in [5.74, 6) is 0.702. The van der Waals surface area contributed by atoms with Gasteiger partial charge in [-0.05, 0) is 47.9 Å². The van der Waals surface area contributed by atoms with E-state index in [0.717, 1.165) is 17.7 Å². The summed E-state index contributed by atoms with van der Waals surface area (Å²) in [6, 6.07) is 18.3. The van der Waals surface area contributed by atoms with Crippen molar-refractivity contribution in [1.82, 2.24) is 10.3 Å². The van der Waals surface area contributed by atoms with Crippen LogP contribution in [0.1, 0.15) is 46.4 Å². The average molecular weight is 433 g/mol. The minimum absolute atomic E-state index is 0.0245. The summed E-state index contributed by atoms with van der Waals surface area (Å²) in [7, 11) is 0. The first-order valence-electron chi connectivity index (χ1n) is 10.2. The van der Waals surface area contributed by atoms with Crippen LogP contribution in [0.3, 0.4) is 0 Å². The second-order valence-electron chi connectivity index (χ2n) is 7.42. The highest BCUT2D eigenvalue weighted by atomic mass is 32.2. The predicted octanol–water partition coefficient (Wildman–Crippen LogP) is 4.08. The van der Waals surface area contributed by atoms with Gasteiger partial charge in [0.2, 0.25) is 5.91 Å². The molecule has 2 heterocycles. The van der Waals surface area contributed by atoms with Crippen molar-refractivity contribution in [3.63, 3.8) is 0 Å².